The van der Waals surface area contributed by atoms with Crippen molar-refractivity contribution in [2.75, 3.05) is 26.2 Å². The smallest absolute Gasteiger partial charge is 0.221 e. The molecule has 1 rings (SSSR count). The fourth-order valence-corrected chi connectivity index (χ4v) is 2.34. The van der Waals surface area contributed by atoms with Crippen LogP contribution in [0.5, 0.6) is 0 Å². The number of carbonyl (C=O) groups is 1. The van der Waals surface area contributed by atoms with Crippen molar-refractivity contribution >= 4 is 5.91 Å². The molecule has 1 amide bonds. The Morgan fingerprint density at radius 1 is 1.37 bits per heavy atom. The Hall–Kier alpha value is -0.610. The van der Waals surface area contributed by atoms with Crippen LogP contribution in [0.2, 0.25) is 0 Å². The molecule has 4 heteroatoms. The lowest BCUT2D eigenvalue weighted by atomic mass is 9.99. The van der Waals surface area contributed by atoms with Gasteiger partial charge in [-0.3, -0.25) is 4.79 Å². The van der Waals surface area contributed by atoms with Crippen LogP contribution in [0.15, 0.2) is 0 Å². The normalized spacial score (nSPS) is 19.6. The van der Waals surface area contributed by atoms with Crippen molar-refractivity contribution in [3.8, 4) is 0 Å². The number of nitrogens with two attached hydrogens (primary N) is 1. The van der Waals surface area contributed by atoms with Crippen molar-refractivity contribution < 1.29 is 4.79 Å². The third-order valence-corrected chi connectivity index (χ3v) is 4.13. The van der Waals surface area contributed by atoms with E-state index in [-0.39, 0.29) is 11.9 Å². The van der Waals surface area contributed by atoms with Gasteiger partial charge >= 0.3 is 0 Å². The molecule has 0 aliphatic carbocycles. The maximum absolute atomic E-state index is 11.6. The number of piperidine rings is 1. The topological polar surface area (TPSA) is 58.4 Å². The van der Waals surface area contributed by atoms with Crippen LogP contribution in [0, 0.1) is 11.8 Å². The number of nitrogens with one attached hydrogen (secondary N) is 1. The summed E-state index contributed by atoms with van der Waals surface area (Å²) >= 11 is 0. The molecule has 4 nitrogen and oxygen atoms in total. The van der Waals surface area contributed by atoms with Gasteiger partial charge in [0.25, 0.3) is 0 Å². The van der Waals surface area contributed by atoms with E-state index in [0.29, 0.717) is 12.3 Å². The summed E-state index contributed by atoms with van der Waals surface area (Å²) in [5.41, 5.74) is 5.88. The quantitative estimate of drug-likeness (QED) is 0.690. The van der Waals surface area contributed by atoms with Crippen molar-refractivity contribution in [1.29, 1.82) is 0 Å². The molecule has 0 spiro atoms. The van der Waals surface area contributed by atoms with Gasteiger partial charge in [-0.2, -0.15) is 0 Å². The first-order valence-corrected chi connectivity index (χ1v) is 7.73. The van der Waals surface area contributed by atoms with Crippen LogP contribution in [0.1, 0.15) is 46.5 Å². The van der Waals surface area contributed by atoms with Crippen LogP contribution in [-0.4, -0.2) is 43.0 Å². The predicted molar refractivity (Wildman–Crippen MR) is 79.9 cm³/mol. The highest BCUT2D eigenvalue weighted by atomic mass is 16.1. The van der Waals surface area contributed by atoms with E-state index in [9.17, 15) is 4.79 Å². The van der Waals surface area contributed by atoms with E-state index in [0.717, 1.165) is 25.4 Å². The Labute approximate surface area is 118 Å². The number of carbonyl (C=O) groups excluding carboxylic acids is 1. The minimum Gasteiger partial charge on any atom is -0.356 e. The molecule has 1 unspecified atom stereocenters. The molecule has 3 N–H and O–H groups in total. The summed E-state index contributed by atoms with van der Waals surface area (Å²) in [5.74, 6) is 1.34. The molecule has 1 aliphatic rings. The first-order chi connectivity index (χ1) is 8.99. The Kier molecular flexibility index (Phi) is 7.39. The van der Waals surface area contributed by atoms with Crippen LogP contribution in [-0.2, 0) is 4.79 Å². The van der Waals surface area contributed by atoms with Crippen LogP contribution >= 0.6 is 0 Å². The maximum Gasteiger partial charge on any atom is 0.221 e. The standard InChI is InChI=1S/C15H31N3O/c1-12(2)14(16)11-15(19)17-7-4-8-18-9-5-13(3)6-10-18/h12-14H,4-11,16H2,1-3H3,(H,17,19). The van der Waals surface area contributed by atoms with Crippen molar-refractivity contribution in [3.63, 3.8) is 0 Å². The molecule has 0 radical (unpaired) electrons. The molecule has 1 aliphatic heterocycles. The zero-order valence-corrected chi connectivity index (χ0v) is 12.8. The predicted octanol–water partition coefficient (Wildman–Crippen LogP) is 1.60. The summed E-state index contributed by atoms with van der Waals surface area (Å²) in [5, 5.41) is 2.97. The largest absolute Gasteiger partial charge is 0.356 e. The summed E-state index contributed by atoms with van der Waals surface area (Å²) in [4.78, 5) is 14.2. The molecule has 0 saturated carbocycles. The second-order valence-corrected chi connectivity index (χ2v) is 6.34. The zero-order valence-electron chi connectivity index (χ0n) is 12.8. The molecule has 0 bridgehead atoms. The van der Waals surface area contributed by atoms with Crippen LogP contribution in [0.3, 0.4) is 0 Å². The van der Waals surface area contributed by atoms with Gasteiger partial charge in [-0.05, 0) is 50.7 Å². The lowest BCUT2D eigenvalue weighted by Crippen LogP contribution is -2.37. The van der Waals surface area contributed by atoms with Gasteiger partial charge in [-0.15, -0.1) is 0 Å². The summed E-state index contributed by atoms with van der Waals surface area (Å²) in [7, 11) is 0. The monoisotopic (exact) mass is 269 g/mol. The maximum atomic E-state index is 11.6. The van der Waals surface area contributed by atoms with Crippen molar-refractivity contribution in [2.45, 2.75) is 52.5 Å². The fourth-order valence-electron chi connectivity index (χ4n) is 2.34. The Morgan fingerprint density at radius 2 is 2.00 bits per heavy atom. The Morgan fingerprint density at radius 3 is 2.58 bits per heavy atom. The minimum absolute atomic E-state index is 0.0245. The highest BCUT2D eigenvalue weighted by Gasteiger charge is 2.15. The first-order valence-electron chi connectivity index (χ1n) is 7.73. The van der Waals surface area contributed by atoms with Crippen molar-refractivity contribution in [1.82, 2.24) is 10.2 Å². The van der Waals surface area contributed by atoms with Gasteiger partial charge in [0.15, 0.2) is 0 Å². The van der Waals surface area contributed by atoms with Gasteiger partial charge in [0.2, 0.25) is 5.91 Å². The van der Waals surface area contributed by atoms with E-state index >= 15 is 0 Å². The van der Waals surface area contributed by atoms with Crippen molar-refractivity contribution in [3.05, 3.63) is 0 Å². The van der Waals surface area contributed by atoms with Gasteiger partial charge in [0, 0.05) is 19.0 Å². The van der Waals surface area contributed by atoms with E-state index in [1.54, 1.807) is 0 Å². The first kappa shape index (κ1) is 16.4. The molecular weight excluding hydrogens is 238 g/mol. The molecule has 0 aromatic rings. The van der Waals surface area contributed by atoms with Crippen LogP contribution in [0.4, 0.5) is 0 Å². The summed E-state index contributed by atoms with van der Waals surface area (Å²) in [6, 6.07) is -0.0245. The number of nitrogens with zero attached hydrogens (tertiary/aromatic N) is 1. The van der Waals surface area contributed by atoms with Crippen molar-refractivity contribution in [2.24, 2.45) is 17.6 Å². The van der Waals surface area contributed by atoms with Gasteiger partial charge in [-0.1, -0.05) is 20.8 Å². The van der Waals surface area contributed by atoms with E-state index in [4.69, 9.17) is 5.73 Å². The average molecular weight is 269 g/mol. The molecule has 1 fully saturated rings. The number of hydrogen-bond donors (Lipinski definition) is 2. The van der Waals surface area contributed by atoms with E-state index in [1.807, 2.05) is 0 Å². The molecule has 112 valence electrons. The van der Waals surface area contributed by atoms with E-state index < -0.39 is 0 Å². The summed E-state index contributed by atoms with van der Waals surface area (Å²) in [6.07, 6.45) is 4.11. The molecule has 0 aromatic heterocycles. The van der Waals surface area contributed by atoms with Crippen LogP contribution < -0.4 is 11.1 Å². The summed E-state index contributed by atoms with van der Waals surface area (Å²) in [6.45, 7) is 10.7. The molecule has 19 heavy (non-hydrogen) atoms. The number of hydrogen-bond acceptors (Lipinski definition) is 3. The van der Waals surface area contributed by atoms with Gasteiger partial charge in [-0.25, -0.2) is 0 Å². The Bertz CT molecular complexity index is 260. The third-order valence-electron chi connectivity index (χ3n) is 4.13. The summed E-state index contributed by atoms with van der Waals surface area (Å²) < 4.78 is 0. The molecule has 1 heterocycles. The molecule has 1 saturated heterocycles. The highest BCUT2D eigenvalue weighted by Crippen LogP contribution is 2.15. The Balaban J connectivity index is 2.02. The molecular formula is C15H31N3O. The second-order valence-electron chi connectivity index (χ2n) is 6.34. The average Bonchev–Trinajstić information content (AvgIpc) is 2.36. The molecule has 0 aromatic carbocycles. The molecule has 1 atom stereocenters. The third kappa shape index (κ3) is 6.92. The van der Waals surface area contributed by atoms with E-state index in [2.05, 4.69) is 31.0 Å². The van der Waals surface area contributed by atoms with Gasteiger partial charge < -0.3 is 16.0 Å². The number of likely N-dealkylation sites (tertiary alicyclic amines) is 1. The fraction of sp³-hybridized carbons (Fsp3) is 0.933. The SMILES string of the molecule is CC1CCN(CCCNC(=O)CC(N)C(C)C)CC1. The zero-order chi connectivity index (χ0) is 14.3. The van der Waals surface area contributed by atoms with E-state index in [1.165, 1.54) is 25.9 Å². The lowest BCUT2D eigenvalue weighted by molar-refractivity contribution is -0.121. The van der Waals surface area contributed by atoms with Gasteiger partial charge in [0.1, 0.15) is 0 Å². The second kappa shape index (κ2) is 8.54. The minimum atomic E-state index is -0.0245. The number of rotatable bonds is 7. The number of amides is 1. The lowest BCUT2D eigenvalue weighted by Gasteiger charge is -2.30. The van der Waals surface area contributed by atoms with Gasteiger partial charge in [0.05, 0.1) is 0 Å². The highest BCUT2D eigenvalue weighted by molar-refractivity contribution is 5.76. The van der Waals surface area contributed by atoms with Crippen LogP contribution in [0.25, 0.3) is 0 Å².